The molecule has 0 bridgehead atoms. The van der Waals surface area contributed by atoms with Gasteiger partial charge in [-0.1, -0.05) is 0 Å². The van der Waals surface area contributed by atoms with E-state index in [4.69, 9.17) is 4.74 Å². The third kappa shape index (κ3) is 3.66. The second kappa shape index (κ2) is 7.04. The molecule has 0 aromatic carbocycles. The summed E-state index contributed by atoms with van der Waals surface area (Å²) < 4.78 is 8.04. The molecule has 1 amide bonds. The number of ether oxygens (including phenoxy) is 1. The Labute approximate surface area is 137 Å². The average Bonchev–Trinajstić information content (AvgIpc) is 3.17. The largest absolute Gasteiger partial charge is 0.383 e. The van der Waals surface area contributed by atoms with E-state index >= 15 is 0 Å². The van der Waals surface area contributed by atoms with Crippen LogP contribution in [0, 0.1) is 6.92 Å². The fraction of sp³-hybridized carbons (Fsp3) is 0.357. The number of methoxy groups -OCH3 is 1. The topological polar surface area (TPSA) is 111 Å². The fourth-order valence-corrected chi connectivity index (χ4v) is 2.18. The molecule has 10 heteroatoms. The normalized spacial score (nSPS) is 10.9. The highest BCUT2D eigenvalue weighted by Gasteiger charge is 2.08. The van der Waals surface area contributed by atoms with Crippen LogP contribution in [0.2, 0.25) is 0 Å². The molecule has 0 fully saturated rings. The molecule has 24 heavy (non-hydrogen) atoms. The summed E-state index contributed by atoms with van der Waals surface area (Å²) >= 11 is 0. The molecule has 0 atom stereocenters. The number of carbonyl (C=O) groups excluding carboxylic acids is 1. The van der Waals surface area contributed by atoms with Crippen molar-refractivity contribution in [3.05, 3.63) is 30.5 Å². The molecular formula is C14H18N8O2. The van der Waals surface area contributed by atoms with Gasteiger partial charge in [-0.15, -0.1) is 0 Å². The Morgan fingerprint density at radius 3 is 3.08 bits per heavy atom. The second-order valence-corrected chi connectivity index (χ2v) is 5.15. The summed E-state index contributed by atoms with van der Waals surface area (Å²) in [5.74, 6) is 1.11. The first-order valence-corrected chi connectivity index (χ1v) is 7.38. The Balaban J connectivity index is 1.67. The van der Waals surface area contributed by atoms with Crippen LogP contribution in [0.5, 0.6) is 0 Å². The Morgan fingerprint density at radius 2 is 2.25 bits per heavy atom. The van der Waals surface area contributed by atoms with E-state index in [1.165, 1.54) is 6.33 Å². The molecule has 0 aliphatic carbocycles. The molecule has 3 rings (SSSR count). The summed E-state index contributed by atoms with van der Waals surface area (Å²) in [4.78, 5) is 20.1. The van der Waals surface area contributed by atoms with Crippen LogP contribution in [0.15, 0.2) is 24.8 Å². The molecule has 126 valence electrons. The number of amides is 1. The van der Waals surface area contributed by atoms with Gasteiger partial charge in [0.25, 0.3) is 5.78 Å². The van der Waals surface area contributed by atoms with Crippen molar-refractivity contribution in [2.24, 2.45) is 0 Å². The quantitative estimate of drug-likeness (QED) is 0.592. The molecule has 2 N–H and O–H groups in total. The van der Waals surface area contributed by atoms with Gasteiger partial charge in [-0.2, -0.15) is 19.7 Å². The van der Waals surface area contributed by atoms with Crippen molar-refractivity contribution in [3.8, 4) is 0 Å². The van der Waals surface area contributed by atoms with Crippen molar-refractivity contribution >= 4 is 23.2 Å². The zero-order valence-electron chi connectivity index (χ0n) is 13.4. The number of hydrogen-bond acceptors (Lipinski definition) is 7. The lowest BCUT2D eigenvalue weighted by molar-refractivity contribution is -0.122. The smallest absolute Gasteiger partial charge is 0.254 e. The number of anilines is 2. The van der Waals surface area contributed by atoms with Gasteiger partial charge < -0.3 is 15.4 Å². The maximum Gasteiger partial charge on any atom is 0.254 e. The third-order valence-corrected chi connectivity index (χ3v) is 3.22. The number of fused-ring (bicyclic) bond motifs is 1. The molecule has 0 unspecified atom stereocenters. The van der Waals surface area contributed by atoms with Crippen molar-refractivity contribution in [2.75, 3.05) is 25.6 Å². The first kappa shape index (κ1) is 15.9. The monoisotopic (exact) mass is 330 g/mol. The van der Waals surface area contributed by atoms with Gasteiger partial charge in [0.05, 0.1) is 18.5 Å². The average molecular weight is 330 g/mol. The molecule has 0 saturated heterocycles. The molecular weight excluding hydrogens is 312 g/mol. The van der Waals surface area contributed by atoms with Crippen LogP contribution in [0.3, 0.4) is 0 Å². The first-order chi connectivity index (χ1) is 11.7. The number of nitrogens with one attached hydrogen (secondary N) is 2. The van der Waals surface area contributed by atoms with Gasteiger partial charge in [0.15, 0.2) is 0 Å². The van der Waals surface area contributed by atoms with E-state index in [1.54, 1.807) is 28.7 Å². The minimum Gasteiger partial charge on any atom is -0.383 e. The highest BCUT2D eigenvalue weighted by atomic mass is 16.5. The zero-order chi connectivity index (χ0) is 16.9. The van der Waals surface area contributed by atoms with Gasteiger partial charge in [-0.3, -0.25) is 9.48 Å². The Hall–Kier alpha value is -3.01. The van der Waals surface area contributed by atoms with Gasteiger partial charge in [0, 0.05) is 31.6 Å². The van der Waals surface area contributed by atoms with Crippen molar-refractivity contribution < 1.29 is 9.53 Å². The molecule has 0 aliphatic heterocycles. The van der Waals surface area contributed by atoms with Crippen molar-refractivity contribution in [1.29, 1.82) is 0 Å². The fourth-order valence-electron chi connectivity index (χ4n) is 2.18. The summed E-state index contributed by atoms with van der Waals surface area (Å²) in [6, 6.07) is 1.86. The Morgan fingerprint density at radius 1 is 1.38 bits per heavy atom. The van der Waals surface area contributed by atoms with Gasteiger partial charge in [-0.25, -0.2) is 4.98 Å². The summed E-state index contributed by atoms with van der Waals surface area (Å²) in [7, 11) is 1.59. The lowest BCUT2D eigenvalue weighted by Crippen LogP contribution is -2.30. The Bertz CT molecular complexity index is 840. The lowest BCUT2D eigenvalue weighted by Gasteiger charge is -2.06. The third-order valence-electron chi connectivity index (χ3n) is 3.22. The van der Waals surface area contributed by atoms with Gasteiger partial charge in [-0.05, 0) is 6.92 Å². The van der Waals surface area contributed by atoms with E-state index in [1.807, 2.05) is 13.0 Å². The van der Waals surface area contributed by atoms with Crippen molar-refractivity contribution in [2.45, 2.75) is 13.5 Å². The van der Waals surface area contributed by atoms with E-state index in [-0.39, 0.29) is 12.5 Å². The van der Waals surface area contributed by atoms with E-state index < -0.39 is 0 Å². The van der Waals surface area contributed by atoms with E-state index in [2.05, 4.69) is 30.8 Å². The molecule has 3 heterocycles. The van der Waals surface area contributed by atoms with Crippen LogP contribution in [0.25, 0.3) is 5.78 Å². The van der Waals surface area contributed by atoms with E-state index in [9.17, 15) is 4.79 Å². The zero-order valence-corrected chi connectivity index (χ0v) is 13.4. The molecule has 0 radical (unpaired) electrons. The molecule has 10 nitrogen and oxygen atoms in total. The molecule has 0 aliphatic rings. The van der Waals surface area contributed by atoms with Gasteiger partial charge in [0.2, 0.25) is 5.91 Å². The molecule has 3 aromatic heterocycles. The van der Waals surface area contributed by atoms with Crippen LogP contribution in [-0.4, -0.2) is 55.5 Å². The molecule has 0 saturated carbocycles. The number of rotatable bonds is 7. The summed E-state index contributed by atoms with van der Waals surface area (Å²) in [6.07, 6.45) is 4.83. The SMILES string of the molecule is COCCNC(=O)Cn1cc(Nc2cc(C)nc3ncnn23)cn1. The maximum atomic E-state index is 11.8. The molecule has 0 spiro atoms. The van der Waals surface area contributed by atoms with E-state index in [0.717, 1.165) is 17.2 Å². The highest BCUT2D eigenvalue weighted by Crippen LogP contribution is 2.16. The second-order valence-electron chi connectivity index (χ2n) is 5.15. The number of aromatic nitrogens is 6. The summed E-state index contributed by atoms with van der Waals surface area (Å²) in [6.45, 7) is 2.97. The minimum absolute atomic E-state index is 0.125. The Kier molecular flexibility index (Phi) is 4.66. The summed E-state index contributed by atoms with van der Waals surface area (Å²) in [5, 5.41) is 14.3. The van der Waals surface area contributed by atoms with Crippen molar-refractivity contribution in [3.63, 3.8) is 0 Å². The number of nitrogens with zero attached hydrogens (tertiary/aromatic N) is 6. The molecule has 3 aromatic rings. The maximum absolute atomic E-state index is 11.8. The predicted octanol–water partition coefficient (Wildman–Crippen LogP) is 0.135. The lowest BCUT2D eigenvalue weighted by atomic mass is 10.4. The van der Waals surface area contributed by atoms with Crippen molar-refractivity contribution in [1.82, 2.24) is 34.7 Å². The van der Waals surface area contributed by atoms with Crippen LogP contribution in [-0.2, 0) is 16.1 Å². The first-order valence-electron chi connectivity index (χ1n) is 7.38. The number of carbonyl (C=O) groups is 1. The van der Waals surface area contributed by atoms with Crippen LogP contribution < -0.4 is 10.6 Å². The minimum atomic E-state index is -0.125. The van der Waals surface area contributed by atoms with Crippen LogP contribution in [0.1, 0.15) is 5.69 Å². The number of aryl methyl sites for hydroxylation is 1. The van der Waals surface area contributed by atoms with Gasteiger partial charge in [0.1, 0.15) is 18.7 Å². The van der Waals surface area contributed by atoms with Crippen LogP contribution in [0.4, 0.5) is 11.5 Å². The standard InChI is InChI=1S/C14H18N8O2/c1-10-5-12(22-14(19-10)16-9-18-22)20-11-6-17-21(7-11)8-13(23)15-3-4-24-2/h5-7,9,20H,3-4,8H2,1-2H3,(H,15,23). The predicted molar refractivity (Wildman–Crippen MR) is 85.9 cm³/mol. The van der Waals surface area contributed by atoms with E-state index in [0.29, 0.717) is 18.9 Å². The van der Waals surface area contributed by atoms with Gasteiger partial charge >= 0.3 is 0 Å². The van der Waals surface area contributed by atoms with Crippen LogP contribution >= 0.6 is 0 Å². The summed E-state index contributed by atoms with van der Waals surface area (Å²) in [5.41, 5.74) is 1.56. The highest BCUT2D eigenvalue weighted by molar-refractivity contribution is 5.75. The number of hydrogen-bond donors (Lipinski definition) is 2.